The van der Waals surface area contributed by atoms with Crippen LogP contribution in [0.25, 0.3) is 0 Å². The summed E-state index contributed by atoms with van der Waals surface area (Å²) in [5.74, 6) is 0.549. The van der Waals surface area contributed by atoms with Gasteiger partial charge in [0.05, 0.1) is 25.3 Å². The number of hydrogen-bond acceptors (Lipinski definition) is 4. The number of ketones is 1. The molecule has 0 bridgehead atoms. The number of carbonyl (C=O) groups is 1. The van der Waals surface area contributed by atoms with Crippen molar-refractivity contribution in [2.24, 2.45) is 0 Å². The van der Waals surface area contributed by atoms with Crippen LogP contribution in [-0.2, 0) is 0 Å². The molecule has 2 atom stereocenters. The van der Waals surface area contributed by atoms with Crippen molar-refractivity contribution in [2.45, 2.75) is 32.4 Å². The molecule has 4 heteroatoms. The zero-order chi connectivity index (χ0) is 13.5. The summed E-state index contributed by atoms with van der Waals surface area (Å²) in [6.07, 6.45) is 0.778. The molecule has 100 valence electrons. The number of benzene rings is 1. The number of methoxy groups -OCH3 is 1. The Labute approximate surface area is 108 Å². The van der Waals surface area contributed by atoms with Crippen molar-refractivity contribution in [2.75, 3.05) is 13.7 Å². The molecular weight excluding hydrogens is 230 g/mol. The molecule has 0 amide bonds. The SMILES string of the molecule is CCC(CO)NC(C)C(=O)c1ccccc1OC. The maximum absolute atomic E-state index is 12.3. The monoisotopic (exact) mass is 251 g/mol. The van der Waals surface area contributed by atoms with E-state index in [-0.39, 0.29) is 24.5 Å². The molecule has 4 nitrogen and oxygen atoms in total. The second-order valence-electron chi connectivity index (χ2n) is 4.24. The molecule has 2 N–H and O–H groups in total. The van der Waals surface area contributed by atoms with E-state index in [0.717, 1.165) is 6.42 Å². The third kappa shape index (κ3) is 3.55. The quantitative estimate of drug-likeness (QED) is 0.723. The molecule has 0 heterocycles. The Morgan fingerprint density at radius 1 is 1.44 bits per heavy atom. The second-order valence-corrected chi connectivity index (χ2v) is 4.24. The first-order chi connectivity index (χ1) is 8.63. The Balaban J connectivity index is 2.80. The molecule has 1 aromatic carbocycles. The third-order valence-corrected chi connectivity index (χ3v) is 2.96. The summed E-state index contributed by atoms with van der Waals surface area (Å²) >= 11 is 0. The number of aliphatic hydroxyl groups is 1. The van der Waals surface area contributed by atoms with Crippen LogP contribution < -0.4 is 10.1 Å². The van der Waals surface area contributed by atoms with Gasteiger partial charge in [0.2, 0.25) is 0 Å². The van der Waals surface area contributed by atoms with Gasteiger partial charge in [0, 0.05) is 6.04 Å². The highest BCUT2D eigenvalue weighted by molar-refractivity contribution is 6.02. The van der Waals surface area contributed by atoms with Gasteiger partial charge >= 0.3 is 0 Å². The summed E-state index contributed by atoms with van der Waals surface area (Å²) < 4.78 is 5.18. The van der Waals surface area contributed by atoms with E-state index in [0.29, 0.717) is 11.3 Å². The van der Waals surface area contributed by atoms with Crippen LogP contribution in [0.5, 0.6) is 5.75 Å². The fourth-order valence-electron chi connectivity index (χ4n) is 1.81. The number of hydrogen-bond donors (Lipinski definition) is 2. The van der Waals surface area contributed by atoms with Gasteiger partial charge in [-0.05, 0) is 25.5 Å². The number of Topliss-reactive ketones (excluding diaryl/α,β-unsaturated/α-hetero) is 1. The molecule has 0 spiro atoms. The highest BCUT2D eigenvalue weighted by Crippen LogP contribution is 2.19. The molecule has 0 aliphatic carbocycles. The van der Waals surface area contributed by atoms with Gasteiger partial charge < -0.3 is 15.2 Å². The van der Waals surface area contributed by atoms with E-state index < -0.39 is 0 Å². The molecule has 0 radical (unpaired) electrons. The largest absolute Gasteiger partial charge is 0.496 e. The molecular formula is C14H21NO3. The van der Waals surface area contributed by atoms with Crippen LogP contribution in [0.3, 0.4) is 0 Å². The van der Waals surface area contributed by atoms with Crippen molar-refractivity contribution >= 4 is 5.78 Å². The number of aliphatic hydroxyl groups excluding tert-OH is 1. The lowest BCUT2D eigenvalue weighted by Gasteiger charge is -2.20. The first-order valence-corrected chi connectivity index (χ1v) is 6.18. The van der Waals surface area contributed by atoms with E-state index >= 15 is 0 Å². The number of para-hydroxylation sites is 1. The van der Waals surface area contributed by atoms with Gasteiger partial charge in [0.1, 0.15) is 5.75 Å². The van der Waals surface area contributed by atoms with Gasteiger partial charge in [-0.25, -0.2) is 0 Å². The van der Waals surface area contributed by atoms with Gasteiger partial charge in [-0.2, -0.15) is 0 Å². The van der Waals surface area contributed by atoms with Crippen LogP contribution >= 0.6 is 0 Å². The lowest BCUT2D eigenvalue weighted by Crippen LogP contribution is -2.43. The Morgan fingerprint density at radius 3 is 2.67 bits per heavy atom. The van der Waals surface area contributed by atoms with Crippen LogP contribution in [0, 0.1) is 0 Å². The molecule has 18 heavy (non-hydrogen) atoms. The first-order valence-electron chi connectivity index (χ1n) is 6.18. The smallest absolute Gasteiger partial charge is 0.183 e. The summed E-state index contributed by atoms with van der Waals surface area (Å²) in [4.78, 5) is 12.3. The van der Waals surface area contributed by atoms with Gasteiger partial charge in [0.25, 0.3) is 0 Å². The molecule has 0 aliphatic heterocycles. The fourth-order valence-corrected chi connectivity index (χ4v) is 1.81. The van der Waals surface area contributed by atoms with Crippen molar-refractivity contribution in [3.05, 3.63) is 29.8 Å². The zero-order valence-corrected chi connectivity index (χ0v) is 11.1. The predicted molar refractivity (Wildman–Crippen MR) is 71.1 cm³/mol. The van der Waals surface area contributed by atoms with Gasteiger partial charge in [-0.1, -0.05) is 19.1 Å². The number of carbonyl (C=O) groups excluding carboxylic acids is 1. The minimum absolute atomic E-state index is 0.0278. The van der Waals surface area contributed by atoms with Gasteiger partial charge in [0.15, 0.2) is 5.78 Å². The molecule has 1 aromatic rings. The van der Waals surface area contributed by atoms with Crippen LogP contribution in [0.2, 0.25) is 0 Å². The van der Waals surface area contributed by atoms with Crippen molar-refractivity contribution in [3.8, 4) is 5.75 Å². The topological polar surface area (TPSA) is 58.6 Å². The Morgan fingerprint density at radius 2 is 2.11 bits per heavy atom. The molecule has 2 unspecified atom stereocenters. The maximum Gasteiger partial charge on any atom is 0.183 e. The lowest BCUT2D eigenvalue weighted by atomic mass is 10.0. The third-order valence-electron chi connectivity index (χ3n) is 2.96. The fraction of sp³-hybridized carbons (Fsp3) is 0.500. The second kappa shape index (κ2) is 7.13. The van der Waals surface area contributed by atoms with E-state index in [1.807, 2.05) is 19.1 Å². The van der Waals surface area contributed by atoms with Crippen LogP contribution in [0.15, 0.2) is 24.3 Å². The Kier molecular flexibility index (Phi) is 5.82. The zero-order valence-electron chi connectivity index (χ0n) is 11.1. The summed E-state index contributed by atoms with van der Waals surface area (Å²) in [5.41, 5.74) is 0.563. The van der Waals surface area contributed by atoms with Crippen molar-refractivity contribution in [3.63, 3.8) is 0 Å². The van der Waals surface area contributed by atoms with Crippen LogP contribution in [-0.4, -0.2) is 36.7 Å². The molecule has 0 saturated heterocycles. The number of nitrogens with one attached hydrogen (secondary N) is 1. The molecule has 0 aliphatic rings. The summed E-state index contributed by atoms with van der Waals surface area (Å²) in [5, 5.41) is 12.2. The normalized spacial score (nSPS) is 14.0. The highest BCUT2D eigenvalue weighted by Gasteiger charge is 2.20. The minimum atomic E-state index is -0.349. The standard InChI is InChI=1S/C14H21NO3/c1-4-11(9-16)15-10(2)14(17)12-7-5-6-8-13(12)18-3/h5-8,10-11,15-16H,4,9H2,1-3H3. The molecule has 0 saturated carbocycles. The molecule has 0 fully saturated rings. The number of rotatable bonds is 7. The van der Waals surface area contributed by atoms with Gasteiger partial charge in [-0.3, -0.25) is 4.79 Å². The predicted octanol–water partition coefficient (Wildman–Crippen LogP) is 1.63. The van der Waals surface area contributed by atoms with Gasteiger partial charge in [-0.15, -0.1) is 0 Å². The Hall–Kier alpha value is -1.39. The maximum atomic E-state index is 12.3. The van der Waals surface area contributed by atoms with Crippen molar-refractivity contribution in [1.29, 1.82) is 0 Å². The number of ether oxygens (including phenoxy) is 1. The van der Waals surface area contributed by atoms with Crippen molar-refractivity contribution < 1.29 is 14.6 Å². The van der Waals surface area contributed by atoms with Crippen LogP contribution in [0.1, 0.15) is 30.6 Å². The van der Waals surface area contributed by atoms with E-state index in [4.69, 9.17) is 9.84 Å². The minimum Gasteiger partial charge on any atom is -0.496 e. The van der Waals surface area contributed by atoms with Crippen LogP contribution in [0.4, 0.5) is 0 Å². The summed E-state index contributed by atoms with van der Waals surface area (Å²) in [6.45, 7) is 3.79. The van der Waals surface area contributed by atoms with E-state index in [9.17, 15) is 4.79 Å². The molecule has 0 aromatic heterocycles. The average Bonchev–Trinajstić information content (AvgIpc) is 2.43. The highest BCUT2D eigenvalue weighted by atomic mass is 16.5. The first kappa shape index (κ1) is 14.7. The van der Waals surface area contributed by atoms with E-state index in [2.05, 4.69) is 5.32 Å². The Bertz CT molecular complexity index is 388. The van der Waals surface area contributed by atoms with E-state index in [1.165, 1.54) is 0 Å². The van der Waals surface area contributed by atoms with E-state index in [1.54, 1.807) is 26.2 Å². The summed E-state index contributed by atoms with van der Waals surface area (Å²) in [6, 6.07) is 6.75. The summed E-state index contributed by atoms with van der Waals surface area (Å²) in [7, 11) is 1.55. The lowest BCUT2D eigenvalue weighted by molar-refractivity contribution is 0.0933. The molecule has 1 rings (SSSR count). The van der Waals surface area contributed by atoms with Crippen molar-refractivity contribution in [1.82, 2.24) is 5.32 Å². The average molecular weight is 251 g/mol.